The lowest BCUT2D eigenvalue weighted by Gasteiger charge is -2.08. The van der Waals surface area contributed by atoms with Gasteiger partial charge in [0.25, 0.3) is 0 Å². The summed E-state index contributed by atoms with van der Waals surface area (Å²) in [6.45, 7) is 5.69. The molecule has 2 heterocycles. The smallest absolute Gasteiger partial charge is 0.342 e. The minimum Gasteiger partial charge on any atom is -0.469 e. The van der Waals surface area contributed by atoms with Gasteiger partial charge in [-0.3, -0.25) is 4.79 Å². The molecule has 6 nitrogen and oxygen atoms in total. The summed E-state index contributed by atoms with van der Waals surface area (Å²) in [7, 11) is 0. The van der Waals surface area contributed by atoms with E-state index in [9.17, 15) is 9.59 Å². The molecule has 0 unspecified atom stereocenters. The number of hydrogen-bond acceptors (Lipinski definition) is 6. The van der Waals surface area contributed by atoms with Gasteiger partial charge in [0.1, 0.15) is 22.9 Å². The zero-order valence-electron chi connectivity index (χ0n) is 15.4. The summed E-state index contributed by atoms with van der Waals surface area (Å²) in [6, 6.07) is 7.49. The average molecular weight is 384 g/mol. The molecule has 0 atom stereocenters. The van der Waals surface area contributed by atoms with E-state index in [2.05, 4.69) is 10.3 Å². The second-order valence-corrected chi connectivity index (χ2v) is 7.19. The number of benzene rings is 1. The van der Waals surface area contributed by atoms with Crippen LogP contribution in [0.25, 0.3) is 0 Å². The van der Waals surface area contributed by atoms with Gasteiger partial charge in [-0.15, -0.1) is 11.3 Å². The highest BCUT2D eigenvalue weighted by Gasteiger charge is 2.14. The lowest BCUT2D eigenvalue weighted by molar-refractivity contribution is -0.115. The van der Waals surface area contributed by atoms with Crippen molar-refractivity contribution in [3.05, 3.63) is 69.1 Å². The lowest BCUT2D eigenvalue weighted by atomic mass is 10.1. The quantitative estimate of drug-likeness (QED) is 0.644. The van der Waals surface area contributed by atoms with Gasteiger partial charge in [0.2, 0.25) is 5.91 Å². The maximum Gasteiger partial charge on any atom is 0.342 e. The van der Waals surface area contributed by atoms with Gasteiger partial charge in [-0.25, -0.2) is 9.78 Å². The maximum atomic E-state index is 12.3. The molecule has 0 saturated carbocycles. The van der Waals surface area contributed by atoms with E-state index in [0.717, 1.165) is 16.8 Å². The van der Waals surface area contributed by atoms with Crippen molar-refractivity contribution >= 4 is 28.9 Å². The van der Waals surface area contributed by atoms with Crippen LogP contribution in [0.15, 0.2) is 40.3 Å². The number of carbonyl (C=O) groups is 2. The van der Waals surface area contributed by atoms with Crippen LogP contribution in [0.3, 0.4) is 0 Å². The van der Waals surface area contributed by atoms with Crippen LogP contribution in [0, 0.1) is 20.8 Å². The highest BCUT2D eigenvalue weighted by Crippen LogP contribution is 2.18. The van der Waals surface area contributed by atoms with Crippen molar-refractivity contribution in [2.45, 2.75) is 33.8 Å². The van der Waals surface area contributed by atoms with Crippen molar-refractivity contribution in [1.29, 1.82) is 0 Å². The number of hydrogen-bond donors (Lipinski definition) is 1. The highest BCUT2D eigenvalue weighted by atomic mass is 32.1. The van der Waals surface area contributed by atoms with Gasteiger partial charge in [0, 0.05) is 11.1 Å². The van der Waals surface area contributed by atoms with Gasteiger partial charge >= 0.3 is 5.97 Å². The van der Waals surface area contributed by atoms with Crippen LogP contribution in [0.5, 0.6) is 0 Å². The molecule has 0 saturated heterocycles. The normalized spacial score (nSPS) is 10.6. The van der Waals surface area contributed by atoms with Crippen LogP contribution in [0.2, 0.25) is 0 Å². The van der Waals surface area contributed by atoms with Crippen molar-refractivity contribution in [2.75, 3.05) is 5.32 Å². The van der Waals surface area contributed by atoms with Gasteiger partial charge in [0.15, 0.2) is 0 Å². The summed E-state index contributed by atoms with van der Waals surface area (Å²) in [5, 5.41) is 5.37. The Morgan fingerprint density at radius 1 is 1.22 bits per heavy atom. The van der Waals surface area contributed by atoms with Crippen molar-refractivity contribution in [3.63, 3.8) is 0 Å². The molecule has 7 heteroatoms. The summed E-state index contributed by atoms with van der Waals surface area (Å²) in [4.78, 5) is 28.6. The molecule has 2 aromatic heterocycles. The number of ether oxygens (including phenoxy) is 1. The number of carbonyl (C=O) groups excluding carboxylic acids is 2. The SMILES string of the molecule is Cc1ccc(C)c(NC(=O)Cc2nc(COC(=O)c3ccoc3C)cs2)c1. The van der Waals surface area contributed by atoms with Crippen LogP contribution < -0.4 is 5.32 Å². The van der Waals surface area contributed by atoms with Gasteiger partial charge in [-0.1, -0.05) is 12.1 Å². The van der Waals surface area contributed by atoms with E-state index in [1.807, 2.05) is 32.0 Å². The summed E-state index contributed by atoms with van der Waals surface area (Å²) < 4.78 is 10.3. The largest absolute Gasteiger partial charge is 0.469 e. The number of amides is 1. The van der Waals surface area contributed by atoms with Gasteiger partial charge in [0.05, 0.1) is 18.4 Å². The van der Waals surface area contributed by atoms with Crippen LogP contribution in [-0.2, 0) is 22.6 Å². The average Bonchev–Trinajstić information content (AvgIpc) is 3.25. The third-order valence-electron chi connectivity index (χ3n) is 4.01. The molecule has 0 aliphatic heterocycles. The first-order valence-corrected chi connectivity index (χ1v) is 9.32. The third-order valence-corrected chi connectivity index (χ3v) is 4.91. The minimum atomic E-state index is -0.455. The first-order valence-electron chi connectivity index (χ1n) is 8.44. The molecule has 1 aromatic carbocycles. The fourth-order valence-corrected chi connectivity index (χ4v) is 3.29. The number of aryl methyl sites for hydroxylation is 3. The zero-order valence-corrected chi connectivity index (χ0v) is 16.2. The van der Waals surface area contributed by atoms with Crippen LogP contribution in [-0.4, -0.2) is 16.9 Å². The molecule has 3 aromatic rings. The molecule has 0 fully saturated rings. The topological polar surface area (TPSA) is 81.4 Å². The fraction of sp³-hybridized carbons (Fsp3) is 0.250. The van der Waals surface area contributed by atoms with Crippen molar-refractivity contribution < 1.29 is 18.7 Å². The number of furan rings is 1. The summed E-state index contributed by atoms with van der Waals surface area (Å²) in [6.07, 6.45) is 1.62. The molecule has 1 N–H and O–H groups in total. The van der Waals surface area contributed by atoms with E-state index in [-0.39, 0.29) is 18.9 Å². The Balaban J connectivity index is 1.54. The predicted octanol–water partition coefficient (Wildman–Crippen LogP) is 4.20. The molecule has 0 radical (unpaired) electrons. The molecular weight excluding hydrogens is 364 g/mol. The first-order chi connectivity index (χ1) is 12.9. The molecule has 1 amide bonds. The van der Waals surface area contributed by atoms with Crippen LogP contribution >= 0.6 is 11.3 Å². The summed E-state index contributed by atoms with van der Waals surface area (Å²) >= 11 is 1.37. The predicted molar refractivity (Wildman–Crippen MR) is 103 cm³/mol. The Morgan fingerprint density at radius 2 is 2.04 bits per heavy atom. The molecule has 0 bridgehead atoms. The molecule has 0 aliphatic rings. The molecule has 0 aliphatic carbocycles. The maximum absolute atomic E-state index is 12.3. The highest BCUT2D eigenvalue weighted by molar-refractivity contribution is 7.09. The monoisotopic (exact) mass is 384 g/mol. The Kier molecular flexibility index (Phi) is 5.71. The number of anilines is 1. The minimum absolute atomic E-state index is 0.0541. The van der Waals surface area contributed by atoms with Crippen molar-refractivity contribution in [3.8, 4) is 0 Å². The lowest BCUT2D eigenvalue weighted by Crippen LogP contribution is -2.15. The van der Waals surface area contributed by atoms with Crippen LogP contribution in [0.1, 0.15) is 37.9 Å². The molecule has 27 heavy (non-hydrogen) atoms. The summed E-state index contributed by atoms with van der Waals surface area (Å²) in [5.41, 5.74) is 3.92. The van der Waals surface area contributed by atoms with E-state index in [0.29, 0.717) is 22.0 Å². The van der Waals surface area contributed by atoms with E-state index in [4.69, 9.17) is 9.15 Å². The summed E-state index contributed by atoms with van der Waals surface area (Å²) in [5.74, 6) is -0.0684. The number of thiazole rings is 1. The number of esters is 1. The van der Waals surface area contributed by atoms with Gasteiger partial charge in [-0.05, 0) is 44.0 Å². The number of aromatic nitrogens is 1. The van der Waals surface area contributed by atoms with Crippen LogP contribution in [0.4, 0.5) is 5.69 Å². The van der Waals surface area contributed by atoms with Crippen molar-refractivity contribution in [1.82, 2.24) is 4.98 Å². The number of nitrogens with one attached hydrogen (secondary N) is 1. The van der Waals surface area contributed by atoms with Crippen molar-refractivity contribution in [2.24, 2.45) is 0 Å². The zero-order chi connectivity index (χ0) is 19.4. The second kappa shape index (κ2) is 8.18. The molecular formula is C20H20N2O4S. The fourth-order valence-electron chi connectivity index (χ4n) is 2.51. The van der Waals surface area contributed by atoms with E-state index < -0.39 is 5.97 Å². The Bertz CT molecular complexity index is 974. The Morgan fingerprint density at radius 3 is 2.78 bits per heavy atom. The third kappa shape index (κ3) is 4.83. The first kappa shape index (κ1) is 18.8. The van der Waals surface area contributed by atoms with E-state index >= 15 is 0 Å². The Labute approximate surface area is 161 Å². The molecule has 0 spiro atoms. The van der Waals surface area contributed by atoms with Gasteiger partial charge in [-0.2, -0.15) is 0 Å². The second-order valence-electron chi connectivity index (χ2n) is 6.24. The van der Waals surface area contributed by atoms with E-state index in [1.165, 1.54) is 17.6 Å². The van der Waals surface area contributed by atoms with Gasteiger partial charge < -0.3 is 14.5 Å². The number of nitrogens with zero attached hydrogens (tertiary/aromatic N) is 1. The molecule has 3 rings (SSSR count). The Hall–Kier alpha value is -2.93. The van der Waals surface area contributed by atoms with E-state index in [1.54, 1.807) is 18.4 Å². The number of rotatable bonds is 6. The standard InChI is InChI=1S/C20H20N2O4S/c1-12-4-5-13(2)17(8-12)22-18(23)9-19-21-15(11-27-19)10-26-20(24)16-6-7-25-14(16)3/h4-8,11H,9-10H2,1-3H3,(H,22,23). The molecule has 140 valence electrons.